The van der Waals surface area contributed by atoms with Gasteiger partial charge < -0.3 is 19.8 Å². The quantitative estimate of drug-likeness (QED) is 0.630. The summed E-state index contributed by atoms with van der Waals surface area (Å²) in [5.41, 5.74) is 0.505. The third-order valence-electron chi connectivity index (χ3n) is 4.36. The number of anilines is 1. The number of aromatic nitrogens is 1. The van der Waals surface area contributed by atoms with Crippen LogP contribution in [0.4, 0.5) is 5.69 Å². The first-order chi connectivity index (χ1) is 13.9. The number of carbonyl (C=O) groups excluding carboxylic acids is 2. The lowest BCUT2D eigenvalue weighted by Crippen LogP contribution is -2.28. The topological polar surface area (TPSA) is 118 Å². The van der Waals surface area contributed by atoms with Crippen LogP contribution in [-0.4, -0.2) is 55.9 Å². The Morgan fingerprint density at radius 3 is 2.62 bits per heavy atom. The second-order valence-corrected chi connectivity index (χ2v) is 8.32. The first-order valence-electron chi connectivity index (χ1n) is 9.29. The van der Waals surface area contributed by atoms with Gasteiger partial charge in [0.05, 0.1) is 6.61 Å². The molecule has 0 radical (unpaired) electrons. The molecule has 1 saturated heterocycles. The third kappa shape index (κ3) is 4.96. The third-order valence-corrected chi connectivity index (χ3v) is 6.28. The molecule has 0 spiro atoms. The lowest BCUT2D eigenvalue weighted by atomic mass is 10.3. The van der Waals surface area contributed by atoms with E-state index in [9.17, 15) is 18.0 Å². The van der Waals surface area contributed by atoms with Gasteiger partial charge in [-0.1, -0.05) is 0 Å². The Hall–Kier alpha value is -2.85. The normalized spacial score (nSPS) is 14.5. The van der Waals surface area contributed by atoms with E-state index in [-0.39, 0.29) is 22.0 Å². The largest absolute Gasteiger partial charge is 0.492 e. The molecule has 0 bridgehead atoms. The Labute approximate surface area is 169 Å². The van der Waals surface area contributed by atoms with E-state index in [1.165, 1.54) is 22.5 Å². The van der Waals surface area contributed by atoms with Crippen molar-refractivity contribution in [3.63, 3.8) is 0 Å². The molecule has 2 N–H and O–H groups in total. The Kier molecular flexibility index (Phi) is 6.55. The van der Waals surface area contributed by atoms with Gasteiger partial charge in [0.25, 0.3) is 5.91 Å². The highest BCUT2D eigenvalue weighted by Gasteiger charge is 2.30. The minimum Gasteiger partial charge on any atom is -0.492 e. The number of aromatic amines is 1. The van der Waals surface area contributed by atoms with Crippen LogP contribution in [0.15, 0.2) is 41.4 Å². The maximum atomic E-state index is 13.0. The second kappa shape index (κ2) is 9.10. The van der Waals surface area contributed by atoms with Crippen molar-refractivity contribution in [3.05, 3.63) is 42.2 Å². The van der Waals surface area contributed by atoms with E-state index in [4.69, 9.17) is 9.47 Å². The smallest absolute Gasteiger partial charge is 0.355 e. The molecular weight excluding hydrogens is 398 g/mol. The highest BCUT2D eigenvalue weighted by atomic mass is 32.2. The zero-order chi connectivity index (χ0) is 20.9. The first kappa shape index (κ1) is 20.9. The Balaban J connectivity index is 1.72. The van der Waals surface area contributed by atoms with Crippen molar-refractivity contribution in [2.24, 2.45) is 0 Å². The summed E-state index contributed by atoms with van der Waals surface area (Å²) in [5.74, 6) is -1.01. The number of nitrogens with one attached hydrogen (secondary N) is 2. The predicted molar refractivity (Wildman–Crippen MR) is 105 cm³/mol. The van der Waals surface area contributed by atoms with Gasteiger partial charge in [-0.2, -0.15) is 4.31 Å². The lowest BCUT2D eigenvalue weighted by Gasteiger charge is -2.19. The number of rotatable bonds is 8. The molecule has 0 aliphatic carbocycles. The molecule has 29 heavy (non-hydrogen) atoms. The Morgan fingerprint density at radius 2 is 1.97 bits per heavy atom. The zero-order valence-electron chi connectivity index (χ0n) is 16.0. The number of carbonyl (C=O) groups is 2. The second-order valence-electron chi connectivity index (χ2n) is 6.41. The van der Waals surface area contributed by atoms with Crippen molar-refractivity contribution in [3.8, 4) is 5.75 Å². The fourth-order valence-corrected chi connectivity index (χ4v) is 4.67. The number of esters is 1. The molecule has 1 aromatic carbocycles. The van der Waals surface area contributed by atoms with E-state index in [0.717, 1.165) is 12.8 Å². The fourth-order valence-electron chi connectivity index (χ4n) is 2.99. The number of sulfonamides is 1. The highest BCUT2D eigenvalue weighted by molar-refractivity contribution is 7.89. The number of benzene rings is 1. The molecule has 1 aromatic heterocycles. The van der Waals surface area contributed by atoms with Crippen molar-refractivity contribution in [2.45, 2.75) is 24.7 Å². The Morgan fingerprint density at radius 1 is 1.21 bits per heavy atom. The first-order valence-corrected chi connectivity index (χ1v) is 10.7. The van der Waals surface area contributed by atoms with Crippen LogP contribution >= 0.6 is 0 Å². The van der Waals surface area contributed by atoms with Crippen LogP contribution in [0.2, 0.25) is 0 Å². The number of nitrogens with zero attached hydrogens (tertiary/aromatic N) is 1. The molecule has 2 heterocycles. The molecule has 0 unspecified atom stereocenters. The van der Waals surface area contributed by atoms with Crippen LogP contribution in [0.1, 0.15) is 30.3 Å². The predicted octanol–water partition coefficient (Wildman–Crippen LogP) is 1.99. The fraction of sp³-hybridized carbons (Fsp3) is 0.368. The molecule has 1 aliphatic rings. The summed E-state index contributed by atoms with van der Waals surface area (Å²) in [4.78, 5) is 26.6. The van der Waals surface area contributed by atoms with Crippen LogP contribution in [0, 0.1) is 0 Å². The van der Waals surface area contributed by atoms with Gasteiger partial charge in [0, 0.05) is 25.0 Å². The van der Waals surface area contributed by atoms with Crippen LogP contribution in [0.25, 0.3) is 0 Å². The molecule has 1 amide bonds. The lowest BCUT2D eigenvalue weighted by molar-refractivity contribution is -0.119. The number of hydrogen-bond acceptors (Lipinski definition) is 6. The van der Waals surface area contributed by atoms with E-state index in [1.807, 2.05) is 0 Å². The van der Waals surface area contributed by atoms with Crippen molar-refractivity contribution < 1.29 is 27.5 Å². The van der Waals surface area contributed by atoms with Gasteiger partial charge in [0.1, 0.15) is 16.3 Å². The van der Waals surface area contributed by atoms with Gasteiger partial charge in [-0.05, 0) is 50.1 Å². The van der Waals surface area contributed by atoms with E-state index < -0.39 is 28.5 Å². The maximum Gasteiger partial charge on any atom is 0.355 e. The number of H-pyrrole nitrogens is 1. The summed E-state index contributed by atoms with van der Waals surface area (Å²) in [6.07, 6.45) is 3.19. The summed E-state index contributed by atoms with van der Waals surface area (Å²) in [6.45, 7) is 2.49. The summed E-state index contributed by atoms with van der Waals surface area (Å²) >= 11 is 0. The zero-order valence-corrected chi connectivity index (χ0v) is 16.8. The molecule has 10 heteroatoms. The standard InChI is InChI=1S/C19H23N3O6S/c1-2-27-16-8-7-14(12-17(16)29(25,26)22-10-3-4-11-22)21-18(23)13-28-19(24)15-6-5-9-20-15/h5-9,12,20H,2-4,10-11,13H2,1H3,(H,21,23). The molecule has 1 fully saturated rings. The number of amides is 1. The Bertz CT molecular complexity index is 966. The molecule has 0 saturated carbocycles. The molecule has 9 nitrogen and oxygen atoms in total. The van der Waals surface area contributed by atoms with E-state index in [1.54, 1.807) is 25.3 Å². The average Bonchev–Trinajstić information content (AvgIpc) is 3.41. The van der Waals surface area contributed by atoms with Gasteiger partial charge in [-0.15, -0.1) is 0 Å². The van der Waals surface area contributed by atoms with Crippen LogP contribution in [0.5, 0.6) is 5.75 Å². The maximum absolute atomic E-state index is 13.0. The number of hydrogen-bond donors (Lipinski definition) is 2. The van der Waals surface area contributed by atoms with Gasteiger partial charge in [0.15, 0.2) is 6.61 Å². The van der Waals surface area contributed by atoms with E-state index >= 15 is 0 Å². The average molecular weight is 421 g/mol. The molecule has 1 aliphatic heterocycles. The van der Waals surface area contributed by atoms with Crippen LogP contribution < -0.4 is 10.1 Å². The highest BCUT2D eigenvalue weighted by Crippen LogP contribution is 2.31. The SMILES string of the molecule is CCOc1ccc(NC(=O)COC(=O)c2ccc[nH]2)cc1S(=O)(=O)N1CCCC1. The number of ether oxygens (including phenoxy) is 2. The summed E-state index contributed by atoms with van der Waals surface area (Å²) in [6, 6.07) is 7.58. The molecular formula is C19H23N3O6S. The van der Waals surface area contributed by atoms with Crippen molar-refractivity contribution in [1.82, 2.24) is 9.29 Å². The van der Waals surface area contributed by atoms with Gasteiger partial charge in [0.2, 0.25) is 10.0 Å². The van der Waals surface area contributed by atoms with Crippen LogP contribution in [-0.2, 0) is 19.6 Å². The molecule has 3 rings (SSSR count). The van der Waals surface area contributed by atoms with Crippen molar-refractivity contribution >= 4 is 27.6 Å². The van der Waals surface area contributed by atoms with Crippen molar-refractivity contribution in [2.75, 3.05) is 31.6 Å². The van der Waals surface area contributed by atoms with Crippen LogP contribution in [0.3, 0.4) is 0 Å². The minimum atomic E-state index is -3.74. The summed E-state index contributed by atoms with van der Waals surface area (Å²) < 4.78 is 37.8. The summed E-state index contributed by atoms with van der Waals surface area (Å²) in [7, 11) is -3.74. The van der Waals surface area contributed by atoms with Gasteiger partial charge >= 0.3 is 5.97 Å². The monoisotopic (exact) mass is 421 g/mol. The minimum absolute atomic E-state index is 0.00225. The van der Waals surface area contributed by atoms with Crippen molar-refractivity contribution in [1.29, 1.82) is 0 Å². The van der Waals surface area contributed by atoms with E-state index in [2.05, 4.69) is 10.3 Å². The van der Waals surface area contributed by atoms with Gasteiger partial charge in [-0.25, -0.2) is 13.2 Å². The molecule has 0 atom stereocenters. The molecule has 156 valence electrons. The molecule has 2 aromatic rings. The van der Waals surface area contributed by atoms with E-state index in [0.29, 0.717) is 19.7 Å². The summed E-state index contributed by atoms with van der Waals surface area (Å²) in [5, 5.41) is 2.55. The van der Waals surface area contributed by atoms with Gasteiger partial charge in [-0.3, -0.25) is 4.79 Å².